The highest BCUT2D eigenvalue weighted by molar-refractivity contribution is 5.84. The molecule has 1 aliphatic heterocycles. The Hall–Kier alpha value is -0.820. The smallest absolute Gasteiger partial charge is 0.368 e. The van der Waals surface area contributed by atoms with Crippen LogP contribution < -0.4 is 11.5 Å². The van der Waals surface area contributed by atoms with Crippen LogP contribution in [0.5, 0.6) is 0 Å². The molecule has 4 N–H and O–H groups in total. The van der Waals surface area contributed by atoms with Crippen LogP contribution in [0.15, 0.2) is 0 Å². The lowest BCUT2D eigenvalue weighted by Crippen LogP contribution is -2.58. The fourth-order valence-corrected chi connectivity index (χ4v) is 2.01. The van der Waals surface area contributed by atoms with E-state index in [1.54, 1.807) is 4.90 Å². The van der Waals surface area contributed by atoms with Crippen molar-refractivity contribution < 1.29 is 18.0 Å². The highest BCUT2D eigenvalue weighted by atomic mass is 19.4. The van der Waals surface area contributed by atoms with Crippen LogP contribution in [0.1, 0.15) is 19.8 Å². The zero-order valence-corrected chi connectivity index (χ0v) is 9.76. The van der Waals surface area contributed by atoms with E-state index in [0.29, 0.717) is 13.0 Å². The average molecular weight is 253 g/mol. The van der Waals surface area contributed by atoms with Gasteiger partial charge in [-0.2, -0.15) is 13.2 Å². The van der Waals surface area contributed by atoms with Gasteiger partial charge in [0, 0.05) is 13.1 Å². The lowest BCUT2D eigenvalue weighted by molar-refractivity contribution is -0.187. The lowest BCUT2D eigenvalue weighted by Gasteiger charge is -2.37. The summed E-state index contributed by atoms with van der Waals surface area (Å²) in [5, 5.41) is 0. The maximum atomic E-state index is 12.6. The summed E-state index contributed by atoms with van der Waals surface area (Å²) in [4.78, 5) is 12.6. The van der Waals surface area contributed by atoms with E-state index in [4.69, 9.17) is 11.5 Å². The van der Waals surface area contributed by atoms with E-state index in [-0.39, 0.29) is 19.5 Å². The highest BCUT2D eigenvalue weighted by Gasteiger charge is 2.42. The predicted molar refractivity (Wildman–Crippen MR) is 57.0 cm³/mol. The third-order valence-corrected chi connectivity index (χ3v) is 3.08. The van der Waals surface area contributed by atoms with Gasteiger partial charge in [0.1, 0.15) is 5.54 Å². The molecule has 0 spiro atoms. The summed E-state index contributed by atoms with van der Waals surface area (Å²) in [5.74, 6) is -2.04. The molecule has 1 saturated heterocycles. The number of likely N-dealkylation sites (tertiary alicyclic amines) is 1. The molecule has 1 fully saturated rings. The predicted octanol–water partition coefficient (Wildman–Crippen LogP) is 0.463. The van der Waals surface area contributed by atoms with Crippen LogP contribution in [0.3, 0.4) is 0 Å². The van der Waals surface area contributed by atoms with E-state index < -0.39 is 23.5 Å². The normalized spacial score (nSPS) is 26.5. The monoisotopic (exact) mass is 253 g/mol. The molecule has 0 bridgehead atoms. The van der Waals surface area contributed by atoms with Crippen molar-refractivity contribution in [1.82, 2.24) is 4.90 Å². The van der Waals surface area contributed by atoms with Gasteiger partial charge in [-0.15, -0.1) is 0 Å². The molecule has 1 aliphatic rings. The third-order valence-electron chi connectivity index (χ3n) is 3.08. The number of primary amides is 1. The van der Waals surface area contributed by atoms with Gasteiger partial charge in [-0.05, 0) is 26.3 Å². The summed E-state index contributed by atoms with van der Waals surface area (Å²) in [6, 6.07) is 0. The molecule has 2 atom stereocenters. The number of alkyl halides is 3. The van der Waals surface area contributed by atoms with Crippen molar-refractivity contribution in [2.24, 2.45) is 17.4 Å². The fraction of sp³-hybridized carbons (Fsp3) is 0.900. The van der Waals surface area contributed by atoms with E-state index in [9.17, 15) is 18.0 Å². The molecule has 0 saturated carbocycles. The van der Waals surface area contributed by atoms with E-state index in [0.717, 1.165) is 0 Å². The SMILES string of the molecule is CC(N)(CN1CCCC(C(F)(F)F)C1)C(N)=O. The first-order valence-corrected chi connectivity index (χ1v) is 5.51. The number of nitrogens with zero attached hydrogens (tertiary/aromatic N) is 1. The van der Waals surface area contributed by atoms with Crippen LogP contribution in [-0.2, 0) is 4.79 Å². The number of hydrogen-bond donors (Lipinski definition) is 2. The molecule has 0 aromatic rings. The Balaban J connectivity index is 2.59. The molecule has 1 amide bonds. The van der Waals surface area contributed by atoms with Crippen molar-refractivity contribution in [3.05, 3.63) is 0 Å². The molecule has 4 nitrogen and oxygen atoms in total. The van der Waals surface area contributed by atoms with Crippen molar-refractivity contribution in [1.29, 1.82) is 0 Å². The molecular formula is C10H18F3N3O. The Morgan fingerprint density at radius 3 is 2.53 bits per heavy atom. The van der Waals surface area contributed by atoms with E-state index >= 15 is 0 Å². The van der Waals surface area contributed by atoms with Gasteiger partial charge in [0.05, 0.1) is 5.92 Å². The topological polar surface area (TPSA) is 72.3 Å². The van der Waals surface area contributed by atoms with Crippen LogP contribution in [0.25, 0.3) is 0 Å². The first kappa shape index (κ1) is 14.2. The number of piperidine rings is 1. The van der Waals surface area contributed by atoms with Crippen LogP contribution in [-0.4, -0.2) is 42.2 Å². The lowest BCUT2D eigenvalue weighted by atomic mass is 9.95. The summed E-state index contributed by atoms with van der Waals surface area (Å²) in [5.41, 5.74) is 9.46. The maximum absolute atomic E-state index is 12.6. The molecule has 1 heterocycles. The minimum Gasteiger partial charge on any atom is -0.368 e. The summed E-state index contributed by atoms with van der Waals surface area (Å²) >= 11 is 0. The van der Waals surface area contributed by atoms with Gasteiger partial charge in [-0.3, -0.25) is 4.79 Å². The molecule has 2 unspecified atom stereocenters. The third kappa shape index (κ3) is 3.85. The van der Waals surface area contributed by atoms with Crippen molar-refractivity contribution in [3.8, 4) is 0 Å². The van der Waals surface area contributed by atoms with Gasteiger partial charge < -0.3 is 16.4 Å². The largest absolute Gasteiger partial charge is 0.393 e. The second kappa shape index (κ2) is 4.81. The summed E-state index contributed by atoms with van der Waals surface area (Å²) in [6.45, 7) is 1.91. The summed E-state index contributed by atoms with van der Waals surface area (Å²) in [6.07, 6.45) is -3.59. The molecule has 7 heteroatoms. The Bertz CT molecular complexity index is 291. The zero-order valence-electron chi connectivity index (χ0n) is 9.76. The number of carbonyl (C=O) groups is 1. The number of rotatable bonds is 3. The fourth-order valence-electron chi connectivity index (χ4n) is 2.01. The molecule has 0 aromatic carbocycles. The van der Waals surface area contributed by atoms with Gasteiger partial charge in [-0.25, -0.2) is 0 Å². The van der Waals surface area contributed by atoms with Crippen LogP contribution in [0, 0.1) is 5.92 Å². The Morgan fingerprint density at radius 1 is 1.47 bits per heavy atom. The molecule has 1 rings (SSSR count). The summed E-state index contributed by atoms with van der Waals surface area (Å²) in [7, 11) is 0. The summed E-state index contributed by atoms with van der Waals surface area (Å²) < 4.78 is 37.7. The minimum absolute atomic E-state index is 0.0644. The maximum Gasteiger partial charge on any atom is 0.393 e. The van der Waals surface area contributed by atoms with E-state index in [1.165, 1.54) is 6.92 Å². The van der Waals surface area contributed by atoms with Crippen LogP contribution in [0.2, 0.25) is 0 Å². The van der Waals surface area contributed by atoms with Gasteiger partial charge in [0.15, 0.2) is 0 Å². The van der Waals surface area contributed by atoms with Crippen LogP contribution in [0.4, 0.5) is 13.2 Å². The van der Waals surface area contributed by atoms with Gasteiger partial charge >= 0.3 is 6.18 Å². The number of carbonyl (C=O) groups excluding carboxylic acids is 1. The highest BCUT2D eigenvalue weighted by Crippen LogP contribution is 2.33. The van der Waals surface area contributed by atoms with Crippen molar-refractivity contribution in [3.63, 3.8) is 0 Å². The van der Waals surface area contributed by atoms with Gasteiger partial charge in [0.2, 0.25) is 5.91 Å². The Labute approximate surface area is 98.1 Å². The van der Waals surface area contributed by atoms with Gasteiger partial charge in [-0.1, -0.05) is 0 Å². The Morgan fingerprint density at radius 2 is 2.06 bits per heavy atom. The van der Waals surface area contributed by atoms with Crippen molar-refractivity contribution in [2.75, 3.05) is 19.6 Å². The van der Waals surface area contributed by atoms with Crippen molar-refractivity contribution >= 4 is 5.91 Å². The number of halogens is 3. The second-order valence-corrected chi connectivity index (χ2v) is 4.90. The minimum atomic E-state index is -4.18. The number of nitrogens with two attached hydrogens (primary N) is 2. The first-order chi connectivity index (χ1) is 7.63. The molecule has 17 heavy (non-hydrogen) atoms. The first-order valence-electron chi connectivity index (χ1n) is 5.51. The second-order valence-electron chi connectivity index (χ2n) is 4.90. The molecule has 0 aliphatic carbocycles. The Kier molecular flexibility index (Phi) is 4.03. The van der Waals surface area contributed by atoms with E-state index in [1.807, 2.05) is 0 Å². The van der Waals surface area contributed by atoms with Gasteiger partial charge in [0.25, 0.3) is 0 Å². The molecule has 0 aromatic heterocycles. The van der Waals surface area contributed by atoms with Crippen LogP contribution >= 0.6 is 0 Å². The number of hydrogen-bond acceptors (Lipinski definition) is 3. The number of amides is 1. The standard InChI is InChI=1S/C10H18F3N3O/c1-9(15,8(14)17)6-16-4-2-3-7(5-16)10(11,12)13/h7H,2-6,15H2,1H3,(H2,14,17). The molecule has 100 valence electrons. The zero-order chi connectivity index (χ0) is 13.3. The quantitative estimate of drug-likeness (QED) is 0.767. The van der Waals surface area contributed by atoms with Crippen molar-refractivity contribution in [2.45, 2.75) is 31.5 Å². The van der Waals surface area contributed by atoms with E-state index in [2.05, 4.69) is 0 Å². The molecular weight excluding hydrogens is 235 g/mol. The average Bonchev–Trinajstić information content (AvgIpc) is 2.15. The molecule has 0 radical (unpaired) electrons.